The number of aromatic nitrogens is 2. The predicted molar refractivity (Wildman–Crippen MR) is 148 cm³/mol. The van der Waals surface area contributed by atoms with E-state index in [1.165, 1.54) is 16.0 Å². The van der Waals surface area contributed by atoms with Gasteiger partial charge in [-0.3, -0.25) is 4.99 Å². The van der Waals surface area contributed by atoms with Crippen LogP contribution in [0.25, 0.3) is 5.69 Å². The van der Waals surface area contributed by atoms with Gasteiger partial charge in [0, 0.05) is 25.0 Å². The molecule has 3 rings (SSSR count). The third-order valence-corrected chi connectivity index (χ3v) is 5.92. The van der Waals surface area contributed by atoms with Crippen molar-refractivity contribution in [2.75, 3.05) is 25.6 Å². The SMILES string of the molecule is CN=C(NCCCc1nn(-c2ccccc2)c(N)c1C#N)NCc1ccc(C)cc1SC.I. The van der Waals surface area contributed by atoms with Crippen LogP contribution in [0.4, 0.5) is 5.82 Å². The van der Waals surface area contributed by atoms with E-state index in [-0.39, 0.29) is 24.0 Å². The highest BCUT2D eigenvalue weighted by Gasteiger charge is 2.16. The highest BCUT2D eigenvalue weighted by Crippen LogP contribution is 2.22. The second-order valence-electron chi connectivity index (χ2n) is 7.34. The molecule has 0 fully saturated rings. The molecule has 0 saturated heterocycles. The zero-order chi connectivity index (χ0) is 22.9. The molecule has 4 N–H and O–H groups in total. The van der Waals surface area contributed by atoms with Gasteiger partial charge in [0.2, 0.25) is 0 Å². The molecular weight excluding hydrogens is 545 g/mol. The van der Waals surface area contributed by atoms with Crippen molar-refractivity contribution in [3.8, 4) is 11.8 Å². The molecule has 1 heterocycles. The van der Waals surface area contributed by atoms with Crippen molar-refractivity contribution in [3.63, 3.8) is 0 Å². The van der Waals surface area contributed by atoms with Crippen LogP contribution in [0.1, 0.15) is 28.8 Å². The number of nitrogens with zero attached hydrogens (tertiary/aromatic N) is 4. The molecule has 7 nitrogen and oxygen atoms in total. The van der Waals surface area contributed by atoms with Gasteiger partial charge in [-0.05, 0) is 55.3 Å². The van der Waals surface area contributed by atoms with E-state index < -0.39 is 0 Å². The number of nitrogens with two attached hydrogens (primary N) is 1. The number of thioether (sulfide) groups is 1. The second kappa shape index (κ2) is 13.1. The van der Waals surface area contributed by atoms with Gasteiger partial charge in [-0.1, -0.05) is 30.3 Å². The molecule has 0 atom stereocenters. The summed E-state index contributed by atoms with van der Waals surface area (Å²) in [5, 5.41) is 20.8. The van der Waals surface area contributed by atoms with Crippen LogP contribution in [0.15, 0.2) is 58.4 Å². The van der Waals surface area contributed by atoms with Gasteiger partial charge >= 0.3 is 0 Å². The molecule has 0 aliphatic rings. The van der Waals surface area contributed by atoms with Gasteiger partial charge in [0.1, 0.15) is 17.5 Å². The number of benzene rings is 2. The number of hydrogen-bond acceptors (Lipinski definition) is 5. The maximum Gasteiger partial charge on any atom is 0.191 e. The topological polar surface area (TPSA) is 104 Å². The minimum Gasteiger partial charge on any atom is -0.382 e. The molecule has 0 amide bonds. The summed E-state index contributed by atoms with van der Waals surface area (Å²) in [6.07, 6.45) is 3.53. The fourth-order valence-corrected chi connectivity index (χ4v) is 4.11. The largest absolute Gasteiger partial charge is 0.382 e. The van der Waals surface area contributed by atoms with Crippen LogP contribution in [-0.2, 0) is 13.0 Å². The maximum absolute atomic E-state index is 9.55. The number of aryl methyl sites for hydroxylation is 2. The summed E-state index contributed by atoms with van der Waals surface area (Å²) < 4.78 is 1.63. The van der Waals surface area contributed by atoms with Gasteiger partial charge in [-0.15, -0.1) is 35.7 Å². The number of nitrogens with one attached hydrogen (secondary N) is 2. The van der Waals surface area contributed by atoms with E-state index in [9.17, 15) is 5.26 Å². The van der Waals surface area contributed by atoms with Gasteiger partial charge in [-0.25, -0.2) is 4.68 Å². The van der Waals surface area contributed by atoms with Crippen LogP contribution in [-0.4, -0.2) is 35.6 Å². The second-order valence-corrected chi connectivity index (χ2v) is 8.19. The lowest BCUT2D eigenvalue weighted by molar-refractivity contribution is 0.720. The minimum atomic E-state index is 0. The maximum atomic E-state index is 9.55. The number of para-hydroxylation sites is 1. The Kier molecular flexibility index (Phi) is 10.5. The first kappa shape index (κ1) is 26.5. The van der Waals surface area contributed by atoms with Crippen LogP contribution in [0.5, 0.6) is 0 Å². The summed E-state index contributed by atoms with van der Waals surface area (Å²) >= 11 is 1.75. The molecule has 3 aromatic rings. The van der Waals surface area contributed by atoms with Crippen LogP contribution in [0, 0.1) is 18.3 Å². The molecular formula is C24H30IN7S. The molecule has 0 saturated carbocycles. The van der Waals surface area contributed by atoms with Crippen molar-refractivity contribution in [3.05, 3.63) is 70.9 Å². The monoisotopic (exact) mass is 575 g/mol. The van der Waals surface area contributed by atoms with Gasteiger partial charge in [0.25, 0.3) is 0 Å². The van der Waals surface area contributed by atoms with Gasteiger partial charge in [-0.2, -0.15) is 10.4 Å². The minimum absolute atomic E-state index is 0. The van der Waals surface area contributed by atoms with Crippen molar-refractivity contribution in [1.29, 1.82) is 5.26 Å². The van der Waals surface area contributed by atoms with E-state index >= 15 is 0 Å². The number of halogens is 1. The molecule has 9 heteroatoms. The molecule has 174 valence electrons. The average molecular weight is 576 g/mol. The zero-order valence-electron chi connectivity index (χ0n) is 19.1. The molecule has 1 aromatic heterocycles. The lowest BCUT2D eigenvalue weighted by atomic mass is 10.1. The summed E-state index contributed by atoms with van der Waals surface area (Å²) in [4.78, 5) is 5.58. The molecule has 0 spiro atoms. The molecule has 0 radical (unpaired) electrons. The van der Waals surface area contributed by atoms with Crippen molar-refractivity contribution >= 4 is 47.5 Å². The van der Waals surface area contributed by atoms with E-state index in [1.54, 1.807) is 23.5 Å². The Morgan fingerprint density at radius 1 is 1.21 bits per heavy atom. The summed E-state index contributed by atoms with van der Waals surface area (Å²) in [6, 6.07) is 18.3. The first-order valence-corrected chi connectivity index (χ1v) is 11.7. The number of rotatable bonds is 8. The number of nitrogen functional groups attached to an aromatic ring is 1. The fraction of sp³-hybridized carbons (Fsp3) is 0.292. The lowest BCUT2D eigenvalue weighted by Gasteiger charge is -2.14. The smallest absolute Gasteiger partial charge is 0.191 e. The summed E-state index contributed by atoms with van der Waals surface area (Å²) in [6.45, 7) is 3.50. The normalized spacial score (nSPS) is 10.9. The van der Waals surface area contributed by atoms with E-state index in [0.717, 1.165) is 18.1 Å². The molecule has 0 aliphatic carbocycles. The van der Waals surface area contributed by atoms with Gasteiger partial charge in [0.05, 0.1) is 11.4 Å². The Labute approximate surface area is 216 Å². The zero-order valence-corrected chi connectivity index (χ0v) is 22.3. The third kappa shape index (κ3) is 6.88. The number of aliphatic imine (C=N–C) groups is 1. The van der Waals surface area contributed by atoms with Crippen molar-refractivity contribution < 1.29 is 0 Å². The van der Waals surface area contributed by atoms with E-state index in [0.29, 0.717) is 36.6 Å². The summed E-state index contributed by atoms with van der Waals surface area (Å²) in [7, 11) is 1.76. The molecule has 0 bridgehead atoms. The number of hydrogen-bond donors (Lipinski definition) is 3. The van der Waals surface area contributed by atoms with Gasteiger partial charge < -0.3 is 16.4 Å². The molecule has 33 heavy (non-hydrogen) atoms. The van der Waals surface area contributed by atoms with Crippen LogP contribution >= 0.6 is 35.7 Å². The summed E-state index contributed by atoms with van der Waals surface area (Å²) in [5.41, 5.74) is 10.7. The van der Waals surface area contributed by atoms with Crippen LogP contribution in [0.3, 0.4) is 0 Å². The summed E-state index contributed by atoms with van der Waals surface area (Å²) in [5.74, 6) is 1.12. The highest BCUT2D eigenvalue weighted by molar-refractivity contribution is 14.0. The van der Waals surface area contributed by atoms with Crippen LogP contribution < -0.4 is 16.4 Å². The number of anilines is 1. The number of nitriles is 1. The van der Waals surface area contributed by atoms with E-state index in [1.807, 2.05) is 30.3 Å². The van der Waals surface area contributed by atoms with Gasteiger partial charge in [0.15, 0.2) is 5.96 Å². The van der Waals surface area contributed by atoms with Crippen LogP contribution in [0.2, 0.25) is 0 Å². The Morgan fingerprint density at radius 3 is 2.64 bits per heavy atom. The Morgan fingerprint density at radius 2 is 1.97 bits per heavy atom. The quantitative estimate of drug-likeness (QED) is 0.122. The predicted octanol–water partition coefficient (Wildman–Crippen LogP) is 4.27. The number of guanidine groups is 1. The van der Waals surface area contributed by atoms with E-state index in [2.05, 4.69) is 58.2 Å². The Hall–Kier alpha value is -2.71. The fourth-order valence-electron chi connectivity index (χ4n) is 3.40. The van der Waals surface area contributed by atoms with Crippen molar-refractivity contribution in [2.24, 2.45) is 4.99 Å². The molecule has 2 aromatic carbocycles. The molecule has 0 unspecified atom stereocenters. The Balaban J connectivity index is 0.00000385. The van der Waals surface area contributed by atoms with Crippen molar-refractivity contribution in [1.82, 2.24) is 20.4 Å². The Bertz CT molecular complexity index is 1120. The lowest BCUT2D eigenvalue weighted by Crippen LogP contribution is -2.37. The average Bonchev–Trinajstić information content (AvgIpc) is 3.14. The first-order valence-electron chi connectivity index (χ1n) is 10.5. The highest BCUT2D eigenvalue weighted by atomic mass is 127. The molecule has 0 aliphatic heterocycles. The van der Waals surface area contributed by atoms with Crippen molar-refractivity contribution in [2.45, 2.75) is 31.2 Å². The third-order valence-electron chi connectivity index (χ3n) is 5.10. The first-order chi connectivity index (χ1) is 15.6. The van der Waals surface area contributed by atoms with E-state index in [4.69, 9.17) is 5.73 Å². The standard InChI is InChI=1S/C24H29N7S.HI/c1-17-11-12-18(22(14-17)32-3)16-29-24(27-2)28-13-7-10-21-20(15-25)23(26)31(30-21)19-8-5-4-6-9-19;/h4-6,8-9,11-12,14H,7,10,13,16,26H2,1-3H3,(H2,27,28,29);1H.